The third-order valence-corrected chi connectivity index (χ3v) is 7.84. The molecular formula is C31H32F3N9O4. The lowest BCUT2D eigenvalue weighted by Gasteiger charge is -2.36. The van der Waals surface area contributed by atoms with Gasteiger partial charge in [-0.1, -0.05) is 30.3 Å². The number of anilines is 2. The molecule has 1 aliphatic carbocycles. The molecule has 1 aromatic carbocycles. The molecule has 1 saturated carbocycles. The van der Waals surface area contributed by atoms with Gasteiger partial charge in [-0.3, -0.25) is 4.90 Å². The highest BCUT2D eigenvalue weighted by Crippen LogP contribution is 2.36. The molecule has 246 valence electrons. The summed E-state index contributed by atoms with van der Waals surface area (Å²) in [7, 11) is 1.48. The number of carbonyl (C=O) groups is 1. The Morgan fingerprint density at radius 2 is 1.60 bits per heavy atom. The van der Waals surface area contributed by atoms with E-state index in [4.69, 9.17) is 14.2 Å². The second kappa shape index (κ2) is 14.1. The number of methoxy groups -OCH3 is 1. The van der Waals surface area contributed by atoms with Gasteiger partial charge in [0, 0.05) is 60.7 Å². The minimum Gasteiger partial charge on any atom is -0.469 e. The highest BCUT2D eigenvalue weighted by atomic mass is 19.4. The van der Waals surface area contributed by atoms with Crippen molar-refractivity contribution in [2.24, 2.45) is 0 Å². The van der Waals surface area contributed by atoms with Crippen molar-refractivity contribution >= 4 is 17.9 Å². The molecule has 1 saturated heterocycles. The summed E-state index contributed by atoms with van der Waals surface area (Å²) in [5.41, 5.74) is 1.25. The van der Waals surface area contributed by atoms with Crippen LogP contribution in [0.2, 0.25) is 0 Å². The Morgan fingerprint density at radius 1 is 0.936 bits per heavy atom. The van der Waals surface area contributed by atoms with E-state index in [-0.39, 0.29) is 49.2 Å². The largest absolute Gasteiger partial charge is 0.469 e. The van der Waals surface area contributed by atoms with Gasteiger partial charge < -0.3 is 24.8 Å². The Labute approximate surface area is 268 Å². The maximum absolute atomic E-state index is 13.6. The lowest BCUT2D eigenvalue weighted by Crippen LogP contribution is -2.49. The van der Waals surface area contributed by atoms with Crippen molar-refractivity contribution in [1.29, 1.82) is 0 Å². The van der Waals surface area contributed by atoms with Crippen LogP contribution in [0.25, 0.3) is 11.1 Å². The summed E-state index contributed by atoms with van der Waals surface area (Å²) in [6.07, 6.45) is 4.29. The van der Waals surface area contributed by atoms with Gasteiger partial charge in [0.05, 0.1) is 20.3 Å². The summed E-state index contributed by atoms with van der Waals surface area (Å²) in [6.45, 7) is 0.717. The summed E-state index contributed by atoms with van der Waals surface area (Å²) >= 11 is 0. The fraction of sp³-hybridized carbons (Fsp3) is 0.387. The van der Waals surface area contributed by atoms with E-state index in [2.05, 4.69) is 40.5 Å². The van der Waals surface area contributed by atoms with Crippen LogP contribution in [0.4, 0.5) is 29.9 Å². The topological polar surface area (TPSA) is 149 Å². The first-order chi connectivity index (χ1) is 22.8. The number of hydrogen-bond acceptors (Lipinski definition) is 11. The van der Waals surface area contributed by atoms with Crippen LogP contribution in [0.3, 0.4) is 0 Å². The van der Waals surface area contributed by atoms with Gasteiger partial charge in [-0.15, -0.1) is 0 Å². The van der Waals surface area contributed by atoms with Crippen molar-refractivity contribution in [2.75, 3.05) is 30.5 Å². The highest BCUT2D eigenvalue weighted by molar-refractivity contribution is 5.90. The van der Waals surface area contributed by atoms with E-state index in [1.54, 1.807) is 29.7 Å². The van der Waals surface area contributed by atoms with Crippen LogP contribution in [0.1, 0.15) is 36.8 Å². The molecule has 1 aliphatic heterocycles. The molecule has 0 radical (unpaired) electrons. The van der Waals surface area contributed by atoms with Crippen molar-refractivity contribution in [2.45, 2.75) is 56.6 Å². The molecule has 0 atom stereocenters. The second-order valence-corrected chi connectivity index (χ2v) is 11.1. The van der Waals surface area contributed by atoms with E-state index >= 15 is 0 Å². The molecule has 2 aliphatic rings. The quantitative estimate of drug-likeness (QED) is 0.246. The first-order valence-electron chi connectivity index (χ1n) is 15.0. The van der Waals surface area contributed by atoms with E-state index in [0.29, 0.717) is 43.4 Å². The highest BCUT2D eigenvalue weighted by Gasteiger charge is 2.38. The number of ether oxygens (including phenoxy) is 3. The first-order valence-corrected chi connectivity index (χ1v) is 15.0. The number of rotatable bonds is 10. The van der Waals surface area contributed by atoms with E-state index < -0.39 is 23.7 Å². The van der Waals surface area contributed by atoms with Gasteiger partial charge in [0.15, 0.2) is 0 Å². The zero-order valence-corrected chi connectivity index (χ0v) is 25.4. The molecule has 4 heterocycles. The van der Waals surface area contributed by atoms with Gasteiger partial charge in [0.25, 0.3) is 0 Å². The molecule has 16 heteroatoms. The Morgan fingerprint density at radius 3 is 2.19 bits per heavy atom. The first kappa shape index (κ1) is 31.8. The SMILES string of the molecule is COc1ncc(-c2cnc(N(C(=O)NCc3ccccc3)C3CCC(Nc4ncc(C(F)(F)F)c(OC5COC5)n4)CC3)nc2)cn1. The molecular weight excluding hydrogens is 619 g/mol. The van der Waals surface area contributed by atoms with Crippen LogP contribution in [0.5, 0.6) is 11.9 Å². The number of urea groups is 1. The number of halogens is 3. The molecule has 0 unspecified atom stereocenters. The summed E-state index contributed by atoms with van der Waals surface area (Å²) in [5, 5.41) is 6.12. The predicted octanol–water partition coefficient (Wildman–Crippen LogP) is 4.67. The summed E-state index contributed by atoms with van der Waals surface area (Å²) in [4.78, 5) is 40.5. The molecule has 6 rings (SSSR count). The Kier molecular flexibility index (Phi) is 9.56. The third kappa shape index (κ3) is 7.82. The number of hydrogen-bond donors (Lipinski definition) is 2. The Balaban J connectivity index is 1.15. The average Bonchev–Trinajstić information content (AvgIpc) is 3.07. The molecule has 2 N–H and O–H groups in total. The number of amides is 2. The molecule has 3 aromatic heterocycles. The van der Waals surface area contributed by atoms with Crippen molar-refractivity contribution in [1.82, 2.24) is 35.2 Å². The normalized spacial score (nSPS) is 18.1. The molecule has 13 nitrogen and oxygen atoms in total. The minimum atomic E-state index is -4.66. The molecule has 2 fully saturated rings. The number of benzene rings is 1. The summed E-state index contributed by atoms with van der Waals surface area (Å²) < 4.78 is 56.1. The van der Waals surface area contributed by atoms with Gasteiger partial charge in [-0.25, -0.2) is 29.7 Å². The van der Waals surface area contributed by atoms with Crippen LogP contribution < -0.4 is 25.0 Å². The summed E-state index contributed by atoms with van der Waals surface area (Å²) in [6, 6.07) is 9.04. The van der Waals surface area contributed by atoms with Crippen LogP contribution in [-0.2, 0) is 17.5 Å². The van der Waals surface area contributed by atoms with E-state index in [1.165, 1.54) is 7.11 Å². The zero-order chi connectivity index (χ0) is 32.8. The van der Waals surface area contributed by atoms with Crippen LogP contribution in [-0.4, -0.2) is 74.4 Å². The Bertz CT molecular complexity index is 1640. The Hall–Kier alpha value is -5.12. The fourth-order valence-electron chi connectivity index (χ4n) is 5.26. The fourth-order valence-corrected chi connectivity index (χ4v) is 5.26. The van der Waals surface area contributed by atoms with E-state index in [1.807, 2.05) is 30.3 Å². The number of nitrogens with zero attached hydrogens (tertiary/aromatic N) is 7. The average molecular weight is 652 g/mol. The number of aromatic nitrogens is 6. The number of alkyl halides is 3. The minimum absolute atomic E-state index is 0.0376. The van der Waals surface area contributed by atoms with Gasteiger partial charge in [0.2, 0.25) is 17.8 Å². The van der Waals surface area contributed by atoms with Gasteiger partial charge in [-0.05, 0) is 31.2 Å². The smallest absolute Gasteiger partial charge is 0.423 e. The molecule has 2 amide bonds. The van der Waals surface area contributed by atoms with Crippen molar-refractivity contribution in [3.8, 4) is 23.0 Å². The van der Waals surface area contributed by atoms with Crippen LogP contribution in [0.15, 0.2) is 61.3 Å². The van der Waals surface area contributed by atoms with Crippen LogP contribution in [0, 0.1) is 0 Å². The number of nitrogens with one attached hydrogen (secondary N) is 2. The second-order valence-electron chi connectivity index (χ2n) is 11.1. The molecule has 0 bridgehead atoms. The monoisotopic (exact) mass is 651 g/mol. The lowest BCUT2D eigenvalue weighted by atomic mass is 9.90. The van der Waals surface area contributed by atoms with Gasteiger partial charge in [-0.2, -0.15) is 18.2 Å². The zero-order valence-electron chi connectivity index (χ0n) is 25.4. The van der Waals surface area contributed by atoms with Crippen molar-refractivity contribution < 1.29 is 32.2 Å². The maximum Gasteiger partial charge on any atom is 0.423 e. The molecule has 4 aromatic rings. The molecule has 0 spiro atoms. The third-order valence-electron chi connectivity index (χ3n) is 7.84. The van der Waals surface area contributed by atoms with Gasteiger partial charge >= 0.3 is 18.2 Å². The summed E-state index contributed by atoms with van der Waals surface area (Å²) in [5.74, 6) is -0.256. The lowest BCUT2D eigenvalue weighted by molar-refractivity contribution is -0.142. The van der Waals surface area contributed by atoms with Gasteiger partial charge in [0.1, 0.15) is 11.7 Å². The van der Waals surface area contributed by atoms with Crippen LogP contribution >= 0.6 is 0 Å². The van der Waals surface area contributed by atoms with E-state index in [0.717, 1.165) is 11.8 Å². The standard InChI is InChI=1S/C31H32F3N9O4/c1-45-29-38-14-21(15-39-29)20-12-36-28(37-13-20)43(30(44)40-11-19-5-3-2-4-6-19)23-9-7-22(8-10-23)41-27-35-16-25(31(32,33)34)26(42-27)47-24-17-46-18-24/h2-6,12-16,22-24H,7-11,17-18H2,1H3,(H,40,44)(H,35,41,42). The molecule has 47 heavy (non-hydrogen) atoms. The van der Waals surface area contributed by atoms with E-state index in [9.17, 15) is 18.0 Å². The van der Waals surface area contributed by atoms with Crippen molar-refractivity contribution in [3.05, 3.63) is 72.4 Å². The maximum atomic E-state index is 13.6. The van der Waals surface area contributed by atoms with Crippen molar-refractivity contribution in [3.63, 3.8) is 0 Å². The number of carbonyl (C=O) groups excluding carboxylic acids is 1. The predicted molar refractivity (Wildman–Crippen MR) is 163 cm³/mol.